The van der Waals surface area contributed by atoms with Gasteiger partial charge in [0, 0.05) is 17.1 Å². The summed E-state index contributed by atoms with van der Waals surface area (Å²) < 4.78 is 11.0. The third-order valence-electron chi connectivity index (χ3n) is 4.90. The first-order valence-corrected chi connectivity index (χ1v) is 10.2. The smallest absolute Gasteiger partial charge is 0.119 e. The van der Waals surface area contributed by atoms with E-state index in [0.29, 0.717) is 11.5 Å². The number of aliphatic hydroxyl groups excluding tert-OH is 2. The van der Waals surface area contributed by atoms with Crippen molar-refractivity contribution in [3.05, 3.63) is 91.0 Å². The fourth-order valence-corrected chi connectivity index (χ4v) is 3.47. The molecule has 4 aromatic carbocycles. The summed E-state index contributed by atoms with van der Waals surface area (Å²) in [5.41, 5.74) is 3.00. The first-order chi connectivity index (χ1) is 15.3. The minimum absolute atomic E-state index is 0.0182. The van der Waals surface area contributed by atoms with E-state index in [1.165, 1.54) is 5.39 Å². The van der Waals surface area contributed by atoms with Crippen LogP contribution in [0.25, 0.3) is 10.8 Å². The van der Waals surface area contributed by atoms with Crippen LogP contribution in [0.5, 0.6) is 11.5 Å². The molecule has 31 heavy (non-hydrogen) atoms. The highest BCUT2D eigenvalue weighted by Crippen LogP contribution is 2.37. The van der Waals surface area contributed by atoms with Crippen molar-refractivity contribution >= 4 is 27.8 Å². The second-order valence-electron chi connectivity index (χ2n) is 7.00. The molecule has 0 aliphatic carbocycles. The van der Waals surface area contributed by atoms with E-state index in [0.717, 1.165) is 22.4 Å². The lowest BCUT2D eigenvalue weighted by atomic mass is 10.1. The molecular formula is C26H25NO4. The van der Waals surface area contributed by atoms with Gasteiger partial charge in [0.15, 0.2) is 0 Å². The van der Waals surface area contributed by atoms with E-state index in [4.69, 9.17) is 19.7 Å². The molecule has 158 valence electrons. The van der Waals surface area contributed by atoms with Crippen molar-refractivity contribution in [2.24, 2.45) is 0 Å². The molecule has 2 N–H and O–H groups in total. The van der Waals surface area contributed by atoms with E-state index in [1.807, 2.05) is 60.7 Å². The zero-order valence-corrected chi connectivity index (χ0v) is 17.1. The van der Waals surface area contributed by atoms with Crippen molar-refractivity contribution in [1.29, 1.82) is 0 Å². The highest BCUT2D eigenvalue weighted by atomic mass is 16.5. The van der Waals surface area contributed by atoms with Crippen LogP contribution < -0.4 is 14.4 Å². The van der Waals surface area contributed by atoms with Crippen molar-refractivity contribution < 1.29 is 19.7 Å². The number of ether oxygens (including phenoxy) is 2. The summed E-state index contributed by atoms with van der Waals surface area (Å²) >= 11 is 0. The van der Waals surface area contributed by atoms with Gasteiger partial charge in [-0.2, -0.15) is 0 Å². The summed E-state index contributed by atoms with van der Waals surface area (Å²) in [6.07, 6.45) is 0. The van der Waals surface area contributed by atoms with Crippen molar-refractivity contribution in [3.63, 3.8) is 0 Å². The van der Waals surface area contributed by atoms with E-state index >= 15 is 0 Å². The Morgan fingerprint density at radius 3 is 1.55 bits per heavy atom. The third-order valence-corrected chi connectivity index (χ3v) is 4.90. The lowest BCUT2D eigenvalue weighted by Crippen LogP contribution is -2.10. The van der Waals surface area contributed by atoms with Crippen molar-refractivity contribution in [3.8, 4) is 11.5 Å². The molecule has 0 aromatic heterocycles. The monoisotopic (exact) mass is 415 g/mol. The molecule has 0 fully saturated rings. The van der Waals surface area contributed by atoms with Gasteiger partial charge in [0.25, 0.3) is 0 Å². The SMILES string of the molecule is OCCOc1ccc(N(c2ccc(OCCO)cc2)c2ccc3ccccc3c2)cc1. The summed E-state index contributed by atoms with van der Waals surface area (Å²) in [4.78, 5) is 2.16. The molecule has 0 amide bonds. The minimum atomic E-state index is -0.0182. The molecule has 0 spiro atoms. The van der Waals surface area contributed by atoms with Gasteiger partial charge >= 0.3 is 0 Å². The van der Waals surface area contributed by atoms with Crippen LogP contribution in [0, 0.1) is 0 Å². The molecule has 5 nitrogen and oxygen atoms in total. The van der Waals surface area contributed by atoms with Crippen LogP contribution in [0.2, 0.25) is 0 Å². The zero-order chi connectivity index (χ0) is 21.5. The minimum Gasteiger partial charge on any atom is -0.491 e. The molecule has 0 aliphatic heterocycles. The van der Waals surface area contributed by atoms with Gasteiger partial charge < -0.3 is 24.6 Å². The van der Waals surface area contributed by atoms with Crippen molar-refractivity contribution in [2.45, 2.75) is 0 Å². The number of benzene rings is 4. The summed E-state index contributed by atoms with van der Waals surface area (Å²) in [6.45, 7) is 0.497. The Labute approximate surface area is 181 Å². The average molecular weight is 415 g/mol. The Morgan fingerprint density at radius 2 is 1.03 bits per heavy atom. The number of anilines is 3. The van der Waals surface area contributed by atoms with Gasteiger partial charge in [0.1, 0.15) is 24.7 Å². The predicted octanol–water partition coefficient (Wildman–Crippen LogP) is 5.05. The van der Waals surface area contributed by atoms with Crippen LogP contribution in [-0.2, 0) is 0 Å². The van der Waals surface area contributed by atoms with Crippen molar-refractivity contribution in [1.82, 2.24) is 0 Å². The molecule has 0 heterocycles. The molecule has 0 atom stereocenters. The van der Waals surface area contributed by atoms with Gasteiger partial charge in [0.05, 0.1) is 13.2 Å². The van der Waals surface area contributed by atoms with Crippen LogP contribution in [0.15, 0.2) is 91.0 Å². The molecule has 0 unspecified atom stereocenters. The van der Waals surface area contributed by atoms with E-state index < -0.39 is 0 Å². The first-order valence-electron chi connectivity index (χ1n) is 10.2. The van der Waals surface area contributed by atoms with E-state index in [9.17, 15) is 0 Å². The van der Waals surface area contributed by atoms with E-state index in [-0.39, 0.29) is 26.4 Å². The summed E-state index contributed by atoms with van der Waals surface area (Å²) in [7, 11) is 0. The summed E-state index contributed by atoms with van der Waals surface area (Å²) in [5.74, 6) is 1.42. The largest absolute Gasteiger partial charge is 0.491 e. The molecule has 4 aromatic rings. The molecule has 0 saturated heterocycles. The molecule has 0 bridgehead atoms. The number of aliphatic hydroxyl groups is 2. The quantitative estimate of drug-likeness (QED) is 0.400. The Balaban J connectivity index is 1.72. The predicted molar refractivity (Wildman–Crippen MR) is 124 cm³/mol. The molecule has 5 heteroatoms. The second-order valence-corrected chi connectivity index (χ2v) is 7.00. The normalized spacial score (nSPS) is 10.8. The first kappa shape index (κ1) is 20.7. The van der Waals surface area contributed by atoms with Crippen LogP contribution in [0.1, 0.15) is 0 Å². The Hall–Kier alpha value is -3.54. The zero-order valence-electron chi connectivity index (χ0n) is 17.1. The third kappa shape index (κ3) is 4.97. The van der Waals surface area contributed by atoms with Gasteiger partial charge in [-0.05, 0) is 71.4 Å². The van der Waals surface area contributed by atoms with Gasteiger partial charge in [-0.25, -0.2) is 0 Å². The highest BCUT2D eigenvalue weighted by molar-refractivity contribution is 5.89. The fourth-order valence-electron chi connectivity index (χ4n) is 3.47. The maximum Gasteiger partial charge on any atom is 0.119 e. The van der Waals surface area contributed by atoms with Gasteiger partial charge in [-0.3, -0.25) is 0 Å². The Kier molecular flexibility index (Phi) is 6.67. The fraction of sp³-hybridized carbons (Fsp3) is 0.154. The molecular weight excluding hydrogens is 390 g/mol. The number of rotatable bonds is 9. The van der Waals surface area contributed by atoms with Crippen LogP contribution in [0.4, 0.5) is 17.1 Å². The maximum atomic E-state index is 8.97. The van der Waals surface area contributed by atoms with E-state index in [2.05, 4.69) is 35.2 Å². The average Bonchev–Trinajstić information content (AvgIpc) is 2.83. The lowest BCUT2D eigenvalue weighted by molar-refractivity contribution is 0.201. The molecule has 0 radical (unpaired) electrons. The van der Waals surface area contributed by atoms with Crippen molar-refractivity contribution in [2.75, 3.05) is 31.3 Å². The Morgan fingerprint density at radius 1 is 0.548 bits per heavy atom. The number of nitrogens with zero attached hydrogens (tertiary/aromatic N) is 1. The van der Waals surface area contributed by atoms with Crippen LogP contribution in [-0.4, -0.2) is 36.6 Å². The standard InChI is InChI=1S/C26H25NO4/c28-15-17-30-25-11-7-22(8-12-25)27(23-9-13-26(14-10-23)31-18-16-29)24-6-5-20-3-1-2-4-21(20)19-24/h1-14,19,28-29H,15-18H2. The molecule has 4 rings (SSSR count). The topological polar surface area (TPSA) is 62.2 Å². The Bertz CT molecular complexity index is 1060. The van der Waals surface area contributed by atoms with Gasteiger partial charge in [-0.15, -0.1) is 0 Å². The number of fused-ring (bicyclic) bond motifs is 1. The second kappa shape index (κ2) is 9.98. The highest BCUT2D eigenvalue weighted by Gasteiger charge is 2.13. The van der Waals surface area contributed by atoms with E-state index in [1.54, 1.807) is 0 Å². The van der Waals surface area contributed by atoms with Gasteiger partial charge in [0.2, 0.25) is 0 Å². The molecule has 0 aliphatic rings. The summed E-state index contributed by atoms with van der Waals surface area (Å²) in [6, 6.07) is 30.3. The molecule has 0 saturated carbocycles. The van der Waals surface area contributed by atoms with Gasteiger partial charge in [-0.1, -0.05) is 30.3 Å². The van der Waals surface area contributed by atoms with Crippen LogP contribution >= 0.6 is 0 Å². The van der Waals surface area contributed by atoms with Crippen LogP contribution in [0.3, 0.4) is 0 Å². The number of hydrogen-bond donors (Lipinski definition) is 2. The maximum absolute atomic E-state index is 8.97. The number of hydrogen-bond acceptors (Lipinski definition) is 5. The lowest BCUT2D eigenvalue weighted by Gasteiger charge is -2.26. The summed E-state index contributed by atoms with van der Waals surface area (Å²) in [5, 5.41) is 20.3.